The first kappa shape index (κ1) is 27.1. The number of aromatic nitrogens is 2. The number of carbonyl (C=O) groups excluding carboxylic acids is 2. The van der Waals surface area contributed by atoms with Crippen molar-refractivity contribution < 1.29 is 24.2 Å². The molecule has 1 aliphatic rings. The molecule has 9 nitrogen and oxygen atoms in total. The molecule has 1 atom stereocenters. The molecule has 1 aromatic heterocycles. The Morgan fingerprint density at radius 3 is 2.33 bits per heavy atom. The van der Waals surface area contributed by atoms with Crippen molar-refractivity contribution in [2.75, 3.05) is 37.1 Å². The summed E-state index contributed by atoms with van der Waals surface area (Å²) in [5.41, 5.74) is 3.01. The van der Waals surface area contributed by atoms with Crippen molar-refractivity contribution in [3.8, 4) is 11.5 Å². The second-order valence-electron chi connectivity index (χ2n) is 9.20. The number of para-hydroxylation sites is 2. The fourth-order valence-corrected chi connectivity index (χ4v) is 5.31. The van der Waals surface area contributed by atoms with E-state index in [1.807, 2.05) is 48.5 Å². The van der Waals surface area contributed by atoms with Crippen molar-refractivity contribution in [2.24, 2.45) is 0 Å². The molecule has 10 heteroatoms. The number of aliphatic hydroxyl groups excluding tert-OH is 1. The van der Waals surface area contributed by atoms with Gasteiger partial charge in [-0.15, -0.1) is 0 Å². The molecule has 3 aromatic carbocycles. The Morgan fingerprint density at radius 1 is 1.02 bits per heavy atom. The molecule has 1 unspecified atom stereocenters. The van der Waals surface area contributed by atoms with Gasteiger partial charge in [0, 0.05) is 24.8 Å². The number of rotatable bonds is 8. The van der Waals surface area contributed by atoms with Crippen LogP contribution in [0.3, 0.4) is 0 Å². The van der Waals surface area contributed by atoms with E-state index >= 15 is 0 Å². The number of Topliss-reactive ketones (excluding diaryl/α,β-unsaturated/α-hetero) is 1. The number of fused-ring (bicyclic) bond motifs is 1. The molecule has 0 saturated carbocycles. The Hall–Kier alpha value is -4.50. The number of amides is 1. The van der Waals surface area contributed by atoms with E-state index in [2.05, 4.69) is 28.7 Å². The summed E-state index contributed by atoms with van der Waals surface area (Å²) in [6.07, 6.45) is 0. The lowest BCUT2D eigenvalue weighted by Crippen LogP contribution is -2.30. The summed E-state index contributed by atoms with van der Waals surface area (Å²) in [7, 11) is 2.89. The van der Waals surface area contributed by atoms with E-state index in [1.54, 1.807) is 0 Å². The highest BCUT2D eigenvalue weighted by Crippen LogP contribution is 2.44. The van der Waals surface area contributed by atoms with E-state index in [-0.39, 0.29) is 27.9 Å². The maximum absolute atomic E-state index is 13.6. The number of nitrogens with one attached hydrogen (secondary N) is 1. The van der Waals surface area contributed by atoms with Gasteiger partial charge in [0.2, 0.25) is 5.95 Å². The molecule has 0 bridgehead atoms. The zero-order valence-electron chi connectivity index (χ0n) is 22.6. The lowest BCUT2D eigenvalue weighted by molar-refractivity contribution is -0.132. The summed E-state index contributed by atoms with van der Waals surface area (Å²) in [5, 5.41) is 11.8. The summed E-state index contributed by atoms with van der Waals surface area (Å²) in [5.74, 6) is -1.34. The molecule has 40 heavy (non-hydrogen) atoms. The lowest BCUT2D eigenvalue weighted by Gasteiger charge is -2.25. The predicted molar refractivity (Wildman–Crippen MR) is 155 cm³/mol. The fourth-order valence-electron chi connectivity index (χ4n) is 5.07. The number of ether oxygens (including phenoxy) is 2. The minimum absolute atomic E-state index is 0.111. The number of carbonyl (C=O) groups is 2. The van der Waals surface area contributed by atoms with Crippen LogP contribution in [0.25, 0.3) is 16.8 Å². The average Bonchev–Trinajstić information content (AvgIpc) is 3.51. The number of aromatic amines is 1. The van der Waals surface area contributed by atoms with E-state index in [4.69, 9.17) is 21.1 Å². The number of aliphatic hydroxyl groups is 1. The number of benzene rings is 3. The van der Waals surface area contributed by atoms with Crippen LogP contribution in [0.5, 0.6) is 11.5 Å². The molecule has 206 valence electrons. The number of ketones is 1. The van der Waals surface area contributed by atoms with E-state index in [0.717, 1.165) is 18.8 Å². The number of nitrogens with zero attached hydrogens (tertiary/aromatic N) is 3. The highest BCUT2D eigenvalue weighted by molar-refractivity contribution is 6.51. The van der Waals surface area contributed by atoms with Gasteiger partial charge in [-0.1, -0.05) is 35.9 Å². The van der Waals surface area contributed by atoms with Crippen LogP contribution in [0.4, 0.5) is 11.6 Å². The SMILES string of the molecule is CCN(CC)c1ccc(C2/C(=C(\O)c3cc(Cl)c(OC)cc3OC)C(=O)C(=O)N2c2nc3ccccc3[nH]2)cc1. The molecular formula is C30H29ClN4O5. The summed E-state index contributed by atoms with van der Waals surface area (Å²) >= 11 is 6.38. The Labute approximate surface area is 236 Å². The molecule has 0 radical (unpaired) electrons. The number of hydrogen-bond acceptors (Lipinski definition) is 7. The zero-order valence-corrected chi connectivity index (χ0v) is 23.3. The summed E-state index contributed by atoms with van der Waals surface area (Å²) in [6, 6.07) is 16.9. The van der Waals surface area contributed by atoms with Crippen LogP contribution in [-0.2, 0) is 9.59 Å². The van der Waals surface area contributed by atoms with Crippen LogP contribution in [0.1, 0.15) is 31.0 Å². The third kappa shape index (κ3) is 4.52. The number of hydrogen-bond donors (Lipinski definition) is 2. The maximum atomic E-state index is 13.6. The lowest BCUT2D eigenvalue weighted by atomic mass is 9.94. The van der Waals surface area contributed by atoms with E-state index < -0.39 is 23.5 Å². The van der Waals surface area contributed by atoms with Gasteiger partial charge in [-0.05, 0) is 49.7 Å². The number of methoxy groups -OCH3 is 2. The van der Waals surface area contributed by atoms with Gasteiger partial charge in [0.1, 0.15) is 17.3 Å². The fraction of sp³-hybridized carbons (Fsp3) is 0.233. The summed E-state index contributed by atoms with van der Waals surface area (Å²) < 4.78 is 10.8. The van der Waals surface area contributed by atoms with Crippen molar-refractivity contribution in [1.82, 2.24) is 9.97 Å². The van der Waals surface area contributed by atoms with Crippen molar-refractivity contribution >= 4 is 51.7 Å². The first-order valence-electron chi connectivity index (χ1n) is 12.8. The van der Waals surface area contributed by atoms with Gasteiger partial charge in [-0.25, -0.2) is 4.98 Å². The topological polar surface area (TPSA) is 108 Å². The monoisotopic (exact) mass is 560 g/mol. The number of halogens is 1. The van der Waals surface area contributed by atoms with Crippen molar-refractivity contribution in [3.63, 3.8) is 0 Å². The third-order valence-electron chi connectivity index (χ3n) is 7.12. The molecule has 5 rings (SSSR count). The van der Waals surface area contributed by atoms with Crippen molar-refractivity contribution in [3.05, 3.63) is 82.4 Å². The largest absolute Gasteiger partial charge is 0.507 e. The Kier molecular flexibility index (Phi) is 7.40. The first-order valence-corrected chi connectivity index (χ1v) is 13.2. The Bertz CT molecular complexity index is 1590. The van der Waals surface area contributed by atoms with E-state index in [0.29, 0.717) is 22.3 Å². The minimum Gasteiger partial charge on any atom is -0.507 e. The minimum atomic E-state index is -0.975. The first-order chi connectivity index (χ1) is 19.3. The normalized spacial score (nSPS) is 16.5. The Balaban J connectivity index is 1.73. The second-order valence-corrected chi connectivity index (χ2v) is 9.60. The van der Waals surface area contributed by atoms with Gasteiger partial charge in [-0.2, -0.15) is 0 Å². The van der Waals surface area contributed by atoms with E-state index in [9.17, 15) is 14.7 Å². The van der Waals surface area contributed by atoms with Gasteiger partial charge in [0.25, 0.3) is 5.78 Å². The molecule has 2 N–H and O–H groups in total. The molecule has 1 aliphatic heterocycles. The number of imidazole rings is 1. The van der Waals surface area contributed by atoms with Gasteiger partial charge in [-0.3, -0.25) is 14.5 Å². The number of H-pyrrole nitrogens is 1. The quantitative estimate of drug-likeness (QED) is 0.161. The molecule has 0 spiro atoms. The second kappa shape index (κ2) is 10.9. The van der Waals surface area contributed by atoms with Crippen LogP contribution < -0.4 is 19.3 Å². The van der Waals surface area contributed by atoms with Crippen LogP contribution in [0.2, 0.25) is 5.02 Å². The van der Waals surface area contributed by atoms with Gasteiger partial charge in [0.15, 0.2) is 0 Å². The van der Waals surface area contributed by atoms with Crippen LogP contribution in [0.15, 0.2) is 66.2 Å². The zero-order chi connectivity index (χ0) is 28.6. The third-order valence-corrected chi connectivity index (χ3v) is 7.41. The standard InChI is InChI=1S/C30H29ClN4O5/c1-5-34(6-2)18-13-11-17(12-14-18)26-25(27(36)19-15-20(31)24(40-4)16-23(19)39-3)28(37)29(38)35(26)30-32-21-9-7-8-10-22(21)33-30/h7-16,26,36H,5-6H2,1-4H3,(H,32,33)/b27-25+. The summed E-state index contributed by atoms with van der Waals surface area (Å²) in [4.78, 5) is 38.4. The molecular weight excluding hydrogens is 532 g/mol. The van der Waals surface area contributed by atoms with Crippen molar-refractivity contribution in [2.45, 2.75) is 19.9 Å². The van der Waals surface area contributed by atoms with Crippen LogP contribution >= 0.6 is 11.6 Å². The Morgan fingerprint density at radius 2 is 1.70 bits per heavy atom. The van der Waals surface area contributed by atoms with Crippen LogP contribution in [-0.4, -0.2) is 54.1 Å². The smallest absolute Gasteiger partial charge is 0.302 e. The van der Waals surface area contributed by atoms with Gasteiger partial charge in [0.05, 0.1) is 47.5 Å². The van der Waals surface area contributed by atoms with Crippen molar-refractivity contribution in [1.29, 1.82) is 0 Å². The molecule has 1 amide bonds. The van der Waals surface area contributed by atoms with E-state index in [1.165, 1.54) is 31.3 Å². The highest BCUT2D eigenvalue weighted by Gasteiger charge is 2.48. The molecule has 1 fully saturated rings. The average molecular weight is 561 g/mol. The van der Waals surface area contributed by atoms with Crippen LogP contribution in [0, 0.1) is 0 Å². The van der Waals surface area contributed by atoms with Gasteiger partial charge < -0.3 is 24.5 Å². The molecule has 1 saturated heterocycles. The molecule has 0 aliphatic carbocycles. The number of anilines is 2. The summed E-state index contributed by atoms with van der Waals surface area (Å²) in [6.45, 7) is 5.79. The predicted octanol–water partition coefficient (Wildman–Crippen LogP) is 5.71. The molecule has 4 aromatic rings. The van der Waals surface area contributed by atoms with Gasteiger partial charge >= 0.3 is 5.91 Å². The highest BCUT2D eigenvalue weighted by atomic mass is 35.5. The maximum Gasteiger partial charge on any atom is 0.302 e. The molecule has 2 heterocycles.